The molecule has 0 aliphatic carbocycles. The van der Waals surface area contributed by atoms with E-state index >= 15 is 0 Å². The molecule has 0 fully saturated rings. The zero-order valence-corrected chi connectivity index (χ0v) is 11.7. The quantitative estimate of drug-likeness (QED) is 0.787. The Morgan fingerprint density at radius 2 is 1.50 bits per heavy atom. The second-order valence-corrected chi connectivity index (χ2v) is 6.91. The van der Waals surface area contributed by atoms with Crippen LogP contribution in [0.3, 0.4) is 0 Å². The Morgan fingerprint density at radius 1 is 1.06 bits per heavy atom. The van der Waals surface area contributed by atoms with Crippen molar-refractivity contribution in [3.8, 4) is 5.75 Å². The van der Waals surface area contributed by atoms with E-state index in [2.05, 4.69) is 46.8 Å². The minimum atomic E-state index is 0.215. The van der Waals surface area contributed by atoms with Gasteiger partial charge in [0.1, 0.15) is 5.75 Å². The number of hydrogen-bond donors (Lipinski definition) is 1. The number of phenolic OH excluding ortho intramolecular Hbond substituents is 1. The molecule has 0 amide bonds. The van der Waals surface area contributed by atoms with Crippen molar-refractivity contribution in [2.75, 3.05) is 0 Å². The third kappa shape index (κ3) is 3.44. The highest BCUT2D eigenvalue weighted by Gasteiger charge is 2.15. The molecule has 1 N–H and O–H groups in total. The van der Waals surface area contributed by atoms with Crippen molar-refractivity contribution >= 4 is 11.8 Å². The first-order chi connectivity index (χ1) is 7.37. The molecule has 1 rings (SSSR count). The second-order valence-electron chi connectivity index (χ2n) is 5.01. The van der Waals surface area contributed by atoms with Crippen LogP contribution in [0.2, 0.25) is 0 Å². The van der Waals surface area contributed by atoms with Crippen LogP contribution < -0.4 is 0 Å². The number of hydrogen-bond acceptors (Lipinski definition) is 2. The highest BCUT2D eigenvalue weighted by atomic mass is 32.2. The van der Waals surface area contributed by atoms with Gasteiger partial charge in [-0.1, -0.05) is 34.6 Å². The predicted molar refractivity (Wildman–Crippen MR) is 72.5 cm³/mol. The van der Waals surface area contributed by atoms with E-state index in [4.69, 9.17) is 0 Å². The molecule has 0 aliphatic heterocycles. The van der Waals surface area contributed by atoms with E-state index < -0.39 is 0 Å². The summed E-state index contributed by atoms with van der Waals surface area (Å²) in [7, 11) is 0. The Kier molecular flexibility index (Phi) is 4.31. The molecule has 0 atom stereocenters. The molecule has 0 unspecified atom stereocenters. The summed E-state index contributed by atoms with van der Waals surface area (Å²) in [5.74, 6) is 0.489. The molecule has 0 radical (unpaired) electrons. The van der Waals surface area contributed by atoms with Gasteiger partial charge in [0.25, 0.3) is 0 Å². The van der Waals surface area contributed by atoms with E-state index in [1.807, 2.05) is 11.8 Å². The molecule has 0 saturated heterocycles. The van der Waals surface area contributed by atoms with Gasteiger partial charge in [0.15, 0.2) is 0 Å². The molecule has 16 heavy (non-hydrogen) atoms. The summed E-state index contributed by atoms with van der Waals surface area (Å²) in [5.41, 5.74) is 2.12. The van der Waals surface area contributed by atoms with Gasteiger partial charge in [0, 0.05) is 9.64 Å². The summed E-state index contributed by atoms with van der Waals surface area (Å²) in [4.78, 5) is 1.26. The van der Waals surface area contributed by atoms with Crippen molar-refractivity contribution in [2.45, 2.75) is 57.1 Å². The Morgan fingerprint density at radius 3 is 1.81 bits per heavy atom. The maximum atomic E-state index is 10.0. The number of aryl methyl sites for hydroxylation is 2. The Bertz CT molecular complexity index is 338. The van der Waals surface area contributed by atoms with Crippen LogP contribution in [-0.4, -0.2) is 9.85 Å². The topological polar surface area (TPSA) is 20.2 Å². The fourth-order valence-corrected chi connectivity index (χ4v) is 2.79. The number of benzene rings is 1. The van der Waals surface area contributed by atoms with Gasteiger partial charge < -0.3 is 5.11 Å². The summed E-state index contributed by atoms with van der Waals surface area (Å²) in [5, 5.41) is 10.0. The molecular formula is C14H22OS. The molecule has 0 spiro atoms. The van der Waals surface area contributed by atoms with Crippen LogP contribution in [0.15, 0.2) is 17.0 Å². The van der Waals surface area contributed by atoms with Gasteiger partial charge in [-0.2, -0.15) is 0 Å². The number of rotatable bonds is 3. The molecular weight excluding hydrogens is 216 g/mol. The highest BCUT2D eigenvalue weighted by Crippen LogP contribution is 2.36. The molecule has 0 heterocycles. The summed E-state index contributed by atoms with van der Waals surface area (Å²) in [6, 6.07) is 4.23. The van der Waals surface area contributed by atoms with Gasteiger partial charge in [-0.25, -0.2) is 0 Å². The van der Waals surface area contributed by atoms with E-state index in [0.717, 1.165) is 24.0 Å². The lowest BCUT2D eigenvalue weighted by Crippen LogP contribution is -2.07. The minimum Gasteiger partial charge on any atom is -0.507 e. The third-order valence-electron chi connectivity index (χ3n) is 2.43. The van der Waals surface area contributed by atoms with E-state index in [1.54, 1.807) is 0 Å². The molecule has 90 valence electrons. The smallest absolute Gasteiger partial charge is 0.122 e. The lowest BCUT2D eigenvalue weighted by atomic mass is 10.1. The summed E-state index contributed by atoms with van der Waals surface area (Å²) < 4.78 is 0.215. The van der Waals surface area contributed by atoms with Crippen molar-refractivity contribution in [3.05, 3.63) is 23.3 Å². The Labute approximate surface area is 103 Å². The van der Waals surface area contributed by atoms with Crippen molar-refractivity contribution in [2.24, 2.45) is 0 Å². The van der Waals surface area contributed by atoms with E-state index in [1.165, 1.54) is 4.90 Å². The number of thioether (sulfide) groups is 1. The second kappa shape index (κ2) is 5.13. The minimum absolute atomic E-state index is 0.215. The lowest BCUT2D eigenvalue weighted by molar-refractivity contribution is 0.461. The van der Waals surface area contributed by atoms with Gasteiger partial charge >= 0.3 is 0 Å². The predicted octanol–water partition coefficient (Wildman–Crippen LogP) is 4.41. The summed E-state index contributed by atoms with van der Waals surface area (Å²) in [6.45, 7) is 10.8. The fraction of sp³-hybridized carbons (Fsp3) is 0.571. The van der Waals surface area contributed by atoms with E-state index in [9.17, 15) is 5.11 Å². The maximum Gasteiger partial charge on any atom is 0.122 e. The Balaban J connectivity index is 3.12. The summed E-state index contributed by atoms with van der Waals surface area (Å²) in [6.07, 6.45) is 1.77. The van der Waals surface area contributed by atoms with Crippen molar-refractivity contribution in [1.29, 1.82) is 0 Å². The van der Waals surface area contributed by atoms with Crippen LogP contribution in [0, 0.1) is 0 Å². The van der Waals surface area contributed by atoms with Crippen molar-refractivity contribution in [1.82, 2.24) is 0 Å². The zero-order valence-electron chi connectivity index (χ0n) is 10.9. The normalized spacial score (nSPS) is 11.8. The van der Waals surface area contributed by atoms with Crippen molar-refractivity contribution < 1.29 is 5.11 Å². The largest absolute Gasteiger partial charge is 0.507 e. The van der Waals surface area contributed by atoms with Crippen LogP contribution in [0.4, 0.5) is 0 Å². The SMILES string of the molecule is CCc1cc(SC(C)(C)C)cc(CC)c1O. The van der Waals surface area contributed by atoms with Crippen LogP contribution in [0.5, 0.6) is 5.75 Å². The van der Waals surface area contributed by atoms with E-state index in [-0.39, 0.29) is 4.75 Å². The number of aromatic hydroxyl groups is 1. The maximum absolute atomic E-state index is 10.0. The molecule has 2 heteroatoms. The number of phenols is 1. The molecule has 0 aliphatic rings. The first-order valence-electron chi connectivity index (χ1n) is 5.91. The van der Waals surface area contributed by atoms with Gasteiger partial charge in [-0.3, -0.25) is 0 Å². The highest BCUT2D eigenvalue weighted by molar-refractivity contribution is 8.00. The average Bonchev–Trinajstić information content (AvgIpc) is 2.18. The standard InChI is InChI=1S/C14H22OS/c1-6-10-8-12(16-14(3,4)5)9-11(7-2)13(10)15/h8-9,15H,6-7H2,1-5H3. The molecule has 1 aromatic rings. The fourth-order valence-electron chi connectivity index (χ4n) is 1.68. The molecule has 0 aromatic heterocycles. The molecule has 0 bridgehead atoms. The van der Waals surface area contributed by atoms with Gasteiger partial charge in [0.2, 0.25) is 0 Å². The van der Waals surface area contributed by atoms with E-state index in [0.29, 0.717) is 5.75 Å². The van der Waals surface area contributed by atoms with Gasteiger partial charge in [-0.05, 0) is 36.1 Å². The Hall–Kier alpha value is -0.630. The van der Waals surface area contributed by atoms with Gasteiger partial charge in [-0.15, -0.1) is 11.8 Å². The van der Waals surface area contributed by atoms with Crippen LogP contribution in [0.25, 0.3) is 0 Å². The average molecular weight is 238 g/mol. The van der Waals surface area contributed by atoms with Crippen molar-refractivity contribution in [3.63, 3.8) is 0 Å². The van der Waals surface area contributed by atoms with Crippen LogP contribution in [0.1, 0.15) is 45.7 Å². The first-order valence-corrected chi connectivity index (χ1v) is 6.72. The molecule has 1 aromatic carbocycles. The summed E-state index contributed by atoms with van der Waals surface area (Å²) >= 11 is 1.86. The third-order valence-corrected chi connectivity index (χ3v) is 3.51. The van der Waals surface area contributed by atoms with Crippen LogP contribution in [-0.2, 0) is 12.8 Å². The lowest BCUT2D eigenvalue weighted by Gasteiger charge is -2.19. The first kappa shape index (κ1) is 13.4. The van der Waals surface area contributed by atoms with Gasteiger partial charge in [0.05, 0.1) is 0 Å². The molecule has 0 saturated carbocycles. The molecule has 1 nitrogen and oxygen atoms in total. The zero-order chi connectivity index (χ0) is 12.3. The monoisotopic (exact) mass is 238 g/mol. The van der Waals surface area contributed by atoms with Crippen LogP contribution >= 0.6 is 11.8 Å².